The van der Waals surface area contributed by atoms with E-state index in [1.54, 1.807) is 22.3 Å². The van der Waals surface area contributed by atoms with Crippen LogP contribution in [0.3, 0.4) is 0 Å². The Kier molecular flexibility index (Phi) is 9.31. The summed E-state index contributed by atoms with van der Waals surface area (Å²) >= 11 is -2.90. The Morgan fingerprint density at radius 2 is 0.956 bits per heavy atom. The fourth-order valence-electron chi connectivity index (χ4n) is 10.0. The first-order valence-electron chi connectivity index (χ1n) is 16.9. The number of halogens is 2. The van der Waals surface area contributed by atoms with Crippen LogP contribution in [0.25, 0.3) is 34.4 Å². The number of allylic oxidation sites excluding steroid dienone is 2. The normalized spacial score (nSPS) is 24.2. The summed E-state index contributed by atoms with van der Waals surface area (Å²) in [5.41, 5.74) is 18.2. The van der Waals surface area contributed by atoms with Gasteiger partial charge in [-0.2, -0.15) is 0 Å². The van der Waals surface area contributed by atoms with Crippen molar-refractivity contribution in [3.05, 3.63) is 129 Å². The first-order valence-corrected chi connectivity index (χ1v) is 22.5. The fourth-order valence-corrected chi connectivity index (χ4v) is 33.2. The van der Waals surface area contributed by atoms with Crippen LogP contribution in [-0.2, 0) is 33.1 Å². The summed E-state index contributed by atoms with van der Waals surface area (Å²) in [6, 6.07) is 33.3. The smallest absolute Gasteiger partial charge is 1.00 e. The molecule has 0 aromatic heterocycles. The Labute approximate surface area is 287 Å². The van der Waals surface area contributed by atoms with Crippen LogP contribution < -0.4 is 24.8 Å². The summed E-state index contributed by atoms with van der Waals surface area (Å²) in [6.45, 7) is 9.49. The molecule has 8 rings (SSSR count). The van der Waals surface area contributed by atoms with Crippen LogP contribution in [0.1, 0.15) is 94.0 Å². The Bertz CT molecular complexity index is 1650. The second-order valence-electron chi connectivity index (χ2n) is 13.9. The SMILES string of the molecule is CCc1ccc(-c2cccc3c2C=C(C)[CH]3[Zr+2]2([CH]3C(C)=Cc4c(-c5ccc(CC)cc5)cccc43)[CH]3CCCC[CH]32)cc1.[Cl-].[Cl-]. The van der Waals surface area contributed by atoms with E-state index in [-0.39, 0.29) is 24.8 Å². The van der Waals surface area contributed by atoms with Crippen LogP contribution in [0.15, 0.2) is 96.1 Å². The summed E-state index contributed by atoms with van der Waals surface area (Å²) in [6.07, 6.45) is 13.3. The monoisotopic (exact) mass is 708 g/mol. The summed E-state index contributed by atoms with van der Waals surface area (Å²) in [7, 11) is 0. The molecule has 1 saturated heterocycles. The van der Waals surface area contributed by atoms with Crippen molar-refractivity contribution in [2.45, 2.75) is 80.7 Å². The molecule has 0 N–H and O–H groups in total. The van der Waals surface area contributed by atoms with Crippen LogP contribution in [0, 0.1) is 0 Å². The van der Waals surface area contributed by atoms with Crippen molar-refractivity contribution in [1.82, 2.24) is 0 Å². The topological polar surface area (TPSA) is 0 Å². The van der Waals surface area contributed by atoms with Crippen LogP contribution in [0.4, 0.5) is 0 Å². The molecule has 3 aliphatic carbocycles. The number of rotatable bonds is 6. The number of hydrogen-bond donors (Lipinski definition) is 0. The molecule has 0 radical (unpaired) electrons. The van der Waals surface area contributed by atoms with Gasteiger partial charge in [-0.25, -0.2) is 0 Å². The standard InChI is InChI=1S/2C18H17.C6H10.2ClH.Zr/c2*1-3-14-7-9-15(10-8-14)17-6-4-5-16-11-13(2)12-18(16)17;1-2-4-6-5-3-1;;;/h2*4-12H,3H2,1-2H3;1-2H,3-6H2;2*1H;/q;;;;;+2/p-2. The Morgan fingerprint density at radius 3 is 1.33 bits per heavy atom. The zero-order chi connectivity index (χ0) is 29.3. The Hall–Kier alpha value is -2.18. The van der Waals surface area contributed by atoms with Gasteiger partial charge < -0.3 is 24.8 Å². The molecule has 2 fully saturated rings. The zero-order valence-corrected chi connectivity index (χ0v) is 31.0. The molecule has 0 bridgehead atoms. The van der Waals surface area contributed by atoms with Crippen molar-refractivity contribution in [3.8, 4) is 22.3 Å². The van der Waals surface area contributed by atoms with Gasteiger partial charge in [-0.05, 0) is 0 Å². The van der Waals surface area contributed by atoms with Gasteiger partial charge in [0.25, 0.3) is 0 Å². The Morgan fingerprint density at radius 1 is 0.556 bits per heavy atom. The Balaban J connectivity index is 0.00000179. The largest absolute Gasteiger partial charge is 1.00 e. The number of fused-ring (bicyclic) bond motifs is 3. The summed E-state index contributed by atoms with van der Waals surface area (Å²) in [5.74, 6) is 0. The van der Waals surface area contributed by atoms with Gasteiger partial charge >= 0.3 is 265 Å². The maximum absolute atomic E-state index is 2.90. The molecule has 230 valence electrons. The molecular weight excluding hydrogens is 667 g/mol. The first kappa shape index (κ1) is 32.8. The quantitative estimate of drug-likeness (QED) is 0.228. The molecule has 4 unspecified atom stereocenters. The van der Waals surface area contributed by atoms with E-state index in [9.17, 15) is 0 Å². The summed E-state index contributed by atoms with van der Waals surface area (Å²) in [5, 5.41) is 0. The molecular formula is C42H44Cl2Zr. The van der Waals surface area contributed by atoms with Gasteiger partial charge in [0.15, 0.2) is 0 Å². The molecule has 0 nitrogen and oxygen atoms in total. The van der Waals surface area contributed by atoms with E-state index >= 15 is 0 Å². The first-order chi connectivity index (χ1) is 21.1. The number of hydrogen-bond acceptors (Lipinski definition) is 0. The molecule has 4 atom stereocenters. The third-order valence-corrected chi connectivity index (χ3v) is 29.3. The van der Waals surface area contributed by atoms with Gasteiger partial charge in [-0.1, -0.05) is 0 Å². The number of benzene rings is 4. The minimum Gasteiger partial charge on any atom is -1.00 e. The summed E-state index contributed by atoms with van der Waals surface area (Å²) in [4.78, 5) is 0. The second kappa shape index (κ2) is 12.8. The van der Waals surface area contributed by atoms with Crippen molar-refractivity contribution < 1.29 is 45.1 Å². The van der Waals surface area contributed by atoms with Crippen molar-refractivity contribution in [2.75, 3.05) is 0 Å². The van der Waals surface area contributed by atoms with Crippen LogP contribution in [-0.4, -0.2) is 0 Å². The van der Waals surface area contributed by atoms with Crippen molar-refractivity contribution in [1.29, 1.82) is 0 Å². The van der Waals surface area contributed by atoms with E-state index < -0.39 is 20.3 Å². The number of aryl methyl sites for hydroxylation is 2. The van der Waals surface area contributed by atoms with E-state index in [0.29, 0.717) is 7.25 Å². The molecule has 0 amide bonds. The maximum Gasteiger partial charge on any atom is -1.00 e. The van der Waals surface area contributed by atoms with Gasteiger partial charge in [0.05, 0.1) is 0 Å². The minimum absolute atomic E-state index is 0. The third-order valence-electron chi connectivity index (χ3n) is 11.8. The molecule has 0 spiro atoms. The van der Waals surface area contributed by atoms with Crippen LogP contribution >= 0.6 is 0 Å². The molecule has 4 aliphatic rings. The molecule has 4 aromatic rings. The van der Waals surface area contributed by atoms with Gasteiger partial charge in [0, 0.05) is 0 Å². The van der Waals surface area contributed by atoms with Gasteiger partial charge in [-0.15, -0.1) is 0 Å². The van der Waals surface area contributed by atoms with Crippen LogP contribution in [0.5, 0.6) is 0 Å². The van der Waals surface area contributed by atoms with E-state index in [1.807, 2.05) is 0 Å². The molecule has 3 heteroatoms. The van der Waals surface area contributed by atoms with E-state index in [0.717, 1.165) is 20.1 Å². The van der Waals surface area contributed by atoms with E-state index in [2.05, 4.69) is 125 Å². The van der Waals surface area contributed by atoms with E-state index in [1.165, 1.54) is 70.2 Å². The molecule has 4 aromatic carbocycles. The molecule has 1 heterocycles. The molecule has 1 aliphatic heterocycles. The fraction of sp³-hybridized carbons (Fsp3) is 0.333. The minimum atomic E-state index is -2.90. The second-order valence-corrected chi connectivity index (χ2v) is 25.3. The molecule has 1 saturated carbocycles. The third kappa shape index (κ3) is 5.03. The average Bonchev–Trinajstić information content (AvgIpc) is 3.35. The maximum atomic E-state index is 2.62. The van der Waals surface area contributed by atoms with Crippen molar-refractivity contribution in [3.63, 3.8) is 0 Å². The van der Waals surface area contributed by atoms with Crippen molar-refractivity contribution >= 4 is 12.2 Å². The van der Waals surface area contributed by atoms with E-state index in [4.69, 9.17) is 0 Å². The van der Waals surface area contributed by atoms with Crippen molar-refractivity contribution in [2.24, 2.45) is 0 Å². The zero-order valence-electron chi connectivity index (χ0n) is 27.0. The molecule has 45 heavy (non-hydrogen) atoms. The predicted octanol–water partition coefficient (Wildman–Crippen LogP) is 6.09. The predicted molar refractivity (Wildman–Crippen MR) is 181 cm³/mol. The summed E-state index contributed by atoms with van der Waals surface area (Å²) < 4.78 is 3.42. The van der Waals surface area contributed by atoms with Gasteiger partial charge in [0.1, 0.15) is 0 Å². The van der Waals surface area contributed by atoms with Crippen LogP contribution in [0.2, 0.25) is 7.25 Å². The van der Waals surface area contributed by atoms with Gasteiger partial charge in [-0.3, -0.25) is 0 Å². The van der Waals surface area contributed by atoms with Gasteiger partial charge in [0.2, 0.25) is 0 Å². The average molecular weight is 711 g/mol.